The van der Waals surface area contributed by atoms with E-state index in [0.717, 1.165) is 5.69 Å². The van der Waals surface area contributed by atoms with Gasteiger partial charge in [-0.2, -0.15) is 0 Å². The molecular formula is C17H9B2N. The van der Waals surface area contributed by atoms with Gasteiger partial charge in [-0.15, -0.1) is 0 Å². The second kappa shape index (κ2) is 3.63. The Morgan fingerprint density at radius 2 is 1.65 bits per heavy atom. The van der Waals surface area contributed by atoms with Gasteiger partial charge in [-0.05, 0) is 0 Å². The van der Waals surface area contributed by atoms with Crippen molar-refractivity contribution >= 4 is 65.5 Å². The molecule has 0 unspecified atom stereocenters. The van der Waals surface area contributed by atoms with Crippen LogP contribution in [-0.4, -0.2) is 20.0 Å². The molecule has 0 atom stereocenters. The average molecular weight is 249 g/mol. The van der Waals surface area contributed by atoms with E-state index in [1.165, 1.54) is 37.3 Å². The molecule has 0 amide bonds. The summed E-state index contributed by atoms with van der Waals surface area (Å²) in [6, 6.07) is 4.56. The number of hydrogen-bond donors (Lipinski definition) is 0. The van der Waals surface area contributed by atoms with E-state index in [4.69, 9.17) is 0 Å². The topological polar surface area (TPSA) is 12.4 Å². The Balaban J connectivity index is 2.02. The zero-order chi connectivity index (χ0) is 13.1. The Bertz CT molecular complexity index is 1000. The van der Waals surface area contributed by atoms with E-state index in [1.54, 1.807) is 0 Å². The van der Waals surface area contributed by atoms with E-state index in [2.05, 4.69) is 67.2 Å². The molecule has 0 radical (unpaired) electrons. The third kappa shape index (κ3) is 1.27. The molecule has 0 spiro atoms. The van der Waals surface area contributed by atoms with Crippen LogP contribution in [0, 0.1) is 0 Å². The third-order valence-electron chi connectivity index (χ3n) is 4.23. The molecule has 3 aromatic rings. The summed E-state index contributed by atoms with van der Waals surface area (Å²) in [6.07, 6.45) is 10.4. The SMILES string of the molecule is b1cc2cc3c4c(bcc3cc2c2c1=CC=C2)=CC=N4. The molecule has 88 valence electrons. The van der Waals surface area contributed by atoms with Gasteiger partial charge in [0.2, 0.25) is 0 Å². The summed E-state index contributed by atoms with van der Waals surface area (Å²) < 4.78 is 0. The summed E-state index contributed by atoms with van der Waals surface area (Å²) >= 11 is 0. The standard InChI is InChI=1S/C17H9B2N/c1-2-12-13-6-11-9-19-16-4-5-20-17(16)14(11)7-10(13)8-18-15(12)3-1/h1-9H. The molecule has 1 aliphatic heterocycles. The number of nitrogens with zero attached hydrogens (tertiary/aromatic N) is 1. The van der Waals surface area contributed by atoms with Crippen LogP contribution in [0.15, 0.2) is 35.1 Å². The second-order valence-corrected chi connectivity index (χ2v) is 5.34. The summed E-state index contributed by atoms with van der Waals surface area (Å²) in [4.78, 5) is 4.51. The van der Waals surface area contributed by atoms with Crippen LogP contribution < -0.4 is 10.2 Å². The van der Waals surface area contributed by atoms with Crippen molar-refractivity contribution in [1.82, 2.24) is 0 Å². The van der Waals surface area contributed by atoms with Gasteiger partial charge in [0, 0.05) is 0 Å². The monoisotopic (exact) mass is 249 g/mol. The maximum absolute atomic E-state index is 4.51. The molecule has 0 saturated carbocycles. The zero-order valence-electron chi connectivity index (χ0n) is 10.8. The molecule has 5 rings (SSSR count). The van der Waals surface area contributed by atoms with Gasteiger partial charge >= 0.3 is 116 Å². The molecule has 0 bridgehead atoms. The van der Waals surface area contributed by atoms with Crippen LogP contribution in [0.4, 0.5) is 5.69 Å². The van der Waals surface area contributed by atoms with Gasteiger partial charge in [-0.25, -0.2) is 0 Å². The van der Waals surface area contributed by atoms with Crippen molar-refractivity contribution in [2.24, 2.45) is 4.99 Å². The van der Waals surface area contributed by atoms with Crippen LogP contribution in [0.2, 0.25) is 0 Å². The Labute approximate surface area is 117 Å². The van der Waals surface area contributed by atoms with E-state index < -0.39 is 0 Å². The van der Waals surface area contributed by atoms with Gasteiger partial charge in [0.1, 0.15) is 0 Å². The normalized spacial score (nSPS) is 14.0. The van der Waals surface area contributed by atoms with Crippen LogP contribution in [0.5, 0.6) is 0 Å². The van der Waals surface area contributed by atoms with Crippen molar-refractivity contribution in [3.63, 3.8) is 0 Å². The molecular weight excluding hydrogens is 240 g/mol. The van der Waals surface area contributed by atoms with Crippen molar-refractivity contribution in [1.29, 1.82) is 0 Å². The second-order valence-electron chi connectivity index (χ2n) is 5.34. The molecule has 2 aliphatic rings. The zero-order valence-corrected chi connectivity index (χ0v) is 10.8. The van der Waals surface area contributed by atoms with E-state index >= 15 is 0 Å². The Hall–Kier alpha value is -2.28. The van der Waals surface area contributed by atoms with Crippen molar-refractivity contribution in [3.05, 3.63) is 45.9 Å². The van der Waals surface area contributed by atoms with E-state index in [0.29, 0.717) is 0 Å². The van der Waals surface area contributed by atoms with Gasteiger partial charge in [0.15, 0.2) is 0 Å². The van der Waals surface area contributed by atoms with E-state index in [9.17, 15) is 0 Å². The summed E-state index contributed by atoms with van der Waals surface area (Å²) in [5.74, 6) is 4.40. The molecule has 1 aliphatic carbocycles. The number of benzene rings is 1. The van der Waals surface area contributed by atoms with Gasteiger partial charge in [0.25, 0.3) is 0 Å². The first-order valence-electron chi connectivity index (χ1n) is 6.82. The molecule has 1 aromatic carbocycles. The van der Waals surface area contributed by atoms with Gasteiger partial charge in [-0.3, -0.25) is 0 Å². The fourth-order valence-electron chi connectivity index (χ4n) is 3.24. The summed E-state index contributed by atoms with van der Waals surface area (Å²) in [6.45, 7) is 4.35. The fraction of sp³-hybridized carbons (Fsp3) is 0. The third-order valence-corrected chi connectivity index (χ3v) is 4.23. The van der Waals surface area contributed by atoms with Crippen molar-refractivity contribution in [2.45, 2.75) is 0 Å². The first-order chi connectivity index (χ1) is 9.90. The molecule has 20 heavy (non-hydrogen) atoms. The predicted octanol–water partition coefficient (Wildman–Crippen LogP) is 1.97. The van der Waals surface area contributed by atoms with Crippen molar-refractivity contribution in [3.8, 4) is 0 Å². The summed E-state index contributed by atoms with van der Waals surface area (Å²) in [7, 11) is 0. The number of fused-ring (bicyclic) bond motifs is 6. The molecule has 3 heterocycles. The van der Waals surface area contributed by atoms with Crippen LogP contribution in [-0.2, 0) is 0 Å². The first kappa shape index (κ1) is 10.5. The van der Waals surface area contributed by atoms with Crippen LogP contribution >= 0.6 is 0 Å². The number of aliphatic imine (C=N–C) groups is 1. The van der Waals surface area contributed by atoms with Gasteiger partial charge < -0.3 is 0 Å². The predicted molar refractivity (Wildman–Crippen MR) is 89.5 cm³/mol. The Morgan fingerprint density at radius 3 is 2.60 bits per heavy atom. The van der Waals surface area contributed by atoms with Gasteiger partial charge in [-0.1, -0.05) is 0 Å². The quantitative estimate of drug-likeness (QED) is 0.540. The van der Waals surface area contributed by atoms with Crippen molar-refractivity contribution in [2.75, 3.05) is 0 Å². The number of rotatable bonds is 0. The molecule has 0 saturated heterocycles. The van der Waals surface area contributed by atoms with Crippen LogP contribution in [0.3, 0.4) is 0 Å². The number of hydrogen-bond acceptors (Lipinski definition) is 1. The van der Waals surface area contributed by atoms with Crippen LogP contribution in [0.25, 0.3) is 39.8 Å². The first-order valence-corrected chi connectivity index (χ1v) is 6.82. The van der Waals surface area contributed by atoms with Crippen LogP contribution in [0.1, 0.15) is 5.56 Å². The average Bonchev–Trinajstić information content (AvgIpc) is 3.13. The Morgan fingerprint density at radius 1 is 0.850 bits per heavy atom. The summed E-state index contributed by atoms with van der Waals surface area (Å²) in [5, 5.41) is 7.64. The Kier molecular flexibility index (Phi) is 1.91. The number of allylic oxidation sites excluding steroid dienone is 1. The summed E-state index contributed by atoms with van der Waals surface area (Å²) in [5.41, 5.74) is 2.44. The molecule has 3 heteroatoms. The minimum absolute atomic E-state index is 1.10. The maximum atomic E-state index is 4.51. The molecule has 1 nitrogen and oxygen atoms in total. The van der Waals surface area contributed by atoms with E-state index in [1.807, 2.05) is 6.21 Å². The van der Waals surface area contributed by atoms with E-state index in [-0.39, 0.29) is 0 Å². The molecule has 2 aromatic heterocycles. The van der Waals surface area contributed by atoms with Crippen molar-refractivity contribution < 1.29 is 0 Å². The molecule has 0 N–H and O–H groups in total. The van der Waals surface area contributed by atoms with Gasteiger partial charge in [0.05, 0.1) is 0 Å². The fourth-order valence-corrected chi connectivity index (χ4v) is 3.24. The minimum atomic E-state index is 1.10. The molecule has 0 fully saturated rings.